The van der Waals surface area contributed by atoms with E-state index in [1.54, 1.807) is 4.90 Å². The zero-order valence-electron chi connectivity index (χ0n) is 14.5. The second-order valence-corrected chi connectivity index (χ2v) is 6.89. The van der Waals surface area contributed by atoms with E-state index in [1.165, 1.54) is 0 Å². The van der Waals surface area contributed by atoms with Crippen molar-refractivity contribution < 1.29 is 9.59 Å². The van der Waals surface area contributed by atoms with Gasteiger partial charge in [-0.2, -0.15) is 0 Å². The highest BCUT2D eigenvalue weighted by atomic mass is 16.2. The first-order valence-electron chi connectivity index (χ1n) is 8.32. The number of nitrogens with zero attached hydrogens (tertiary/aromatic N) is 4. The minimum absolute atomic E-state index is 0.0431. The number of aromatic nitrogens is 3. The van der Waals surface area contributed by atoms with Gasteiger partial charge < -0.3 is 10.2 Å². The van der Waals surface area contributed by atoms with Crippen LogP contribution in [-0.2, 0) is 9.59 Å². The fraction of sp³-hybridized carbons (Fsp3) is 0.529. The maximum atomic E-state index is 12.5. The highest BCUT2D eigenvalue weighted by molar-refractivity contribution is 5.97. The molecular weight excluding hydrogens is 306 g/mol. The topological polar surface area (TPSA) is 79.6 Å². The van der Waals surface area contributed by atoms with Crippen LogP contribution in [0.5, 0.6) is 0 Å². The van der Waals surface area contributed by atoms with Crippen molar-refractivity contribution in [2.45, 2.75) is 46.1 Å². The lowest BCUT2D eigenvalue weighted by molar-refractivity contribution is -0.129. The number of nitrogens with one attached hydrogen (secondary N) is 1. The van der Waals surface area contributed by atoms with E-state index in [2.05, 4.69) is 15.5 Å². The molecule has 1 atom stereocenters. The van der Waals surface area contributed by atoms with Gasteiger partial charge in [0.2, 0.25) is 11.8 Å². The van der Waals surface area contributed by atoms with Gasteiger partial charge in [-0.15, -0.1) is 10.2 Å². The molecular formula is C17H23N5O2. The standard InChI is InChI=1S/C17H23N5O2/c1-10(2)16-20-19-14-6-5-13(9-22(14)16)18-17(24)12-7-15(23)21(8-12)11(3)4/h5-6,9-12H,7-8H2,1-4H3,(H,18,24). The van der Waals surface area contributed by atoms with Crippen molar-refractivity contribution in [3.05, 3.63) is 24.2 Å². The van der Waals surface area contributed by atoms with E-state index in [0.29, 0.717) is 12.2 Å². The first-order chi connectivity index (χ1) is 11.4. The van der Waals surface area contributed by atoms with Crippen LogP contribution in [0.25, 0.3) is 5.65 Å². The van der Waals surface area contributed by atoms with E-state index < -0.39 is 0 Å². The lowest BCUT2D eigenvalue weighted by atomic mass is 10.1. The van der Waals surface area contributed by atoms with Gasteiger partial charge >= 0.3 is 0 Å². The van der Waals surface area contributed by atoms with Crippen LogP contribution in [0.3, 0.4) is 0 Å². The van der Waals surface area contributed by atoms with Crippen molar-refractivity contribution >= 4 is 23.1 Å². The third-order valence-electron chi connectivity index (χ3n) is 4.37. The van der Waals surface area contributed by atoms with Crippen LogP contribution in [0.1, 0.15) is 45.9 Å². The summed E-state index contributed by atoms with van der Waals surface area (Å²) in [4.78, 5) is 26.2. The van der Waals surface area contributed by atoms with Crippen LogP contribution < -0.4 is 5.32 Å². The first kappa shape index (κ1) is 16.4. The molecule has 1 saturated heterocycles. The number of carbonyl (C=O) groups is 2. The molecule has 0 radical (unpaired) electrons. The minimum Gasteiger partial charge on any atom is -0.339 e. The number of carbonyl (C=O) groups excluding carboxylic acids is 2. The Morgan fingerprint density at radius 2 is 2.00 bits per heavy atom. The molecule has 2 amide bonds. The number of anilines is 1. The number of pyridine rings is 1. The van der Waals surface area contributed by atoms with Crippen LogP contribution in [0.15, 0.2) is 18.3 Å². The predicted molar refractivity (Wildman–Crippen MR) is 90.7 cm³/mol. The molecule has 7 heteroatoms. The van der Waals surface area contributed by atoms with Crippen molar-refractivity contribution in [2.75, 3.05) is 11.9 Å². The number of rotatable bonds is 4. The van der Waals surface area contributed by atoms with E-state index in [-0.39, 0.29) is 36.1 Å². The van der Waals surface area contributed by atoms with Crippen molar-refractivity contribution in [3.8, 4) is 0 Å². The quantitative estimate of drug-likeness (QED) is 0.931. The molecule has 0 bridgehead atoms. The van der Waals surface area contributed by atoms with Crippen molar-refractivity contribution in [1.82, 2.24) is 19.5 Å². The largest absolute Gasteiger partial charge is 0.339 e. The summed E-state index contributed by atoms with van der Waals surface area (Å²) < 4.78 is 1.89. The molecule has 0 aromatic carbocycles. The van der Waals surface area contributed by atoms with Crippen molar-refractivity contribution in [3.63, 3.8) is 0 Å². The third-order valence-corrected chi connectivity index (χ3v) is 4.37. The zero-order chi connectivity index (χ0) is 17.4. The molecule has 1 unspecified atom stereocenters. The molecule has 1 aliphatic rings. The van der Waals surface area contributed by atoms with E-state index in [4.69, 9.17) is 0 Å². The third kappa shape index (κ3) is 2.98. The summed E-state index contributed by atoms with van der Waals surface area (Å²) in [6.45, 7) is 8.50. The molecule has 1 N–H and O–H groups in total. The molecule has 0 spiro atoms. The highest BCUT2D eigenvalue weighted by Crippen LogP contribution is 2.22. The second kappa shape index (κ2) is 6.22. The zero-order valence-corrected chi connectivity index (χ0v) is 14.5. The van der Waals surface area contributed by atoms with Gasteiger partial charge in [-0.3, -0.25) is 14.0 Å². The molecule has 1 aliphatic heterocycles. The molecule has 0 saturated carbocycles. The van der Waals surface area contributed by atoms with Gasteiger partial charge in [0.05, 0.1) is 11.6 Å². The Hall–Kier alpha value is -2.44. The van der Waals surface area contributed by atoms with Gasteiger partial charge in [0.1, 0.15) is 5.82 Å². The lowest BCUT2D eigenvalue weighted by Crippen LogP contribution is -2.33. The normalized spacial score (nSPS) is 18.2. The SMILES string of the molecule is CC(C)c1nnc2ccc(NC(=O)C3CC(=O)N(C(C)C)C3)cn12. The van der Waals surface area contributed by atoms with Crippen LogP contribution in [0, 0.1) is 5.92 Å². The lowest BCUT2D eigenvalue weighted by Gasteiger charge is -2.20. The maximum absolute atomic E-state index is 12.5. The Morgan fingerprint density at radius 3 is 2.62 bits per heavy atom. The Balaban J connectivity index is 1.76. The molecule has 3 heterocycles. The molecule has 0 aliphatic carbocycles. The fourth-order valence-corrected chi connectivity index (χ4v) is 3.03. The molecule has 24 heavy (non-hydrogen) atoms. The van der Waals surface area contributed by atoms with Crippen molar-refractivity contribution in [2.24, 2.45) is 5.92 Å². The molecule has 3 rings (SSSR count). The summed E-state index contributed by atoms with van der Waals surface area (Å²) in [5.41, 5.74) is 1.43. The van der Waals surface area contributed by atoms with Gasteiger partial charge in [-0.05, 0) is 26.0 Å². The Labute approximate surface area is 141 Å². The van der Waals surface area contributed by atoms with Gasteiger partial charge in [0.15, 0.2) is 5.65 Å². The average Bonchev–Trinajstić information content (AvgIpc) is 3.10. The Bertz CT molecular complexity index is 780. The predicted octanol–water partition coefficient (Wildman–Crippen LogP) is 2.05. The van der Waals surface area contributed by atoms with Gasteiger partial charge in [0.25, 0.3) is 0 Å². The number of fused-ring (bicyclic) bond motifs is 1. The summed E-state index contributed by atoms with van der Waals surface area (Å²) in [6.07, 6.45) is 2.11. The number of likely N-dealkylation sites (tertiary alicyclic amines) is 1. The van der Waals surface area contributed by atoms with E-state index >= 15 is 0 Å². The summed E-state index contributed by atoms with van der Waals surface area (Å²) >= 11 is 0. The van der Waals surface area contributed by atoms with Crippen LogP contribution in [0.4, 0.5) is 5.69 Å². The molecule has 128 valence electrons. The number of amides is 2. The number of hydrogen-bond acceptors (Lipinski definition) is 4. The van der Waals surface area contributed by atoms with E-state index in [0.717, 1.165) is 11.5 Å². The molecule has 1 fully saturated rings. The summed E-state index contributed by atoms with van der Waals surface area (Å²) in [5, 5.41) is 11.2. The van der Waals surface area contributed by atoms with Crippen LogP contribution >= 0.6 is 0 Å². The van der Waals surface area contributed by atoms with E-state index in [1.807, 2.05) is 50.4 Å². The monoisotopic (exact) mass is 329 g/mol. The molecule has 2 aromatic heterocycles. The fourth-order valence-electron chi connectivity index (χ4n) is 3.03. The summed E-state index contributed by atoms with van der Waals surface area (Å²) in [6, 6.07) is 3.76. The number of hydrogen-bond donors (Lipinski definition) is 1. The van der Waals surface area contributed by atoms with Gasteiger partial charge in [-0.1, -0.05) is 13.8 Å². The highest BCUT2D eigenvalue weighted by Gasteiger charge is 2.35. The van der Waals surface area contributed by atoms with Gasteiger partial charge in [0, 0.05) is 31.1 Å². The molecule has 2 aromatic rings. The summed E-state index contributed by atoms with van der Waals surface area (Å²) in [5.74, 6) is 0.703. The minimum atomic E-state index is -0.305. The van der Waals surface area contributed by atoms with Crippen LogP contribution in [0.2, 0.25) is 0 Å². The smallest absolute Gasteiger partial charge is 0.229 e. The average molecular weight is 329 g/mol. The maximum Gasteiger partial charge on any atom is 0.229 e. The van der Waals surface area contributed by atoms with Gasteiger partial charge in [-0.25, -0.2) is 0 Å². The summed E-state index contributed by atoms with van der Waals surface area (Å²) in [7, 11) is 0. The Morgan fingerprint density at radius 1 is 1.25 bits per heavy atom. The molecule has 7 nitrogen and oxygen atoms in total. The Kier molecular flexibility index (Phi) is 4.26. The first-order valence-corrected chi connectivity index (χ1v) is 8.32. The van der Waals surface area contributed by atoms with Crippen molar-refractivity contribution in [1.29, 1.82) is 0 Å². The van der Waals surface area contributed by atoms with E-state index in [9.17, 15) is 9.59 Å². The second-order valence-electron chi connectivity index (χ2n) is 6.89. The van der Waals surface area contributed by atoms with Crippen LogP contribution in [-0.4, -0.2) is 43.9 Å².